The molecule has 3 aromatic carbocycles. The summed E-state index contributed by atoms with van der Waals surface area (Å²) in [5.41, 5.74) is 16.9. The molecule has 2 aliphatic rings. The van der Waals surface area contributed by atoms with Crippen molar-refractivity contribution in [3.8, 4) is 39.8 Å². The normalized spacial score (nSPS) is 15.2. The zero-order valence-corrected chi connectivity index (χ0v) is 48.2. The number of hydrogen-bond acceptors (Lipinski definition) is 16. The standard InChI is InChI=1S/C63H65ClN16O5/c1-38-44(31-65)10-6-13-47(38)54-30-55(75-63(66)74-54)56-37-80(77-76-56)36-45-11-7-16-50(71-45)40(3)78-28-23-43(24-29-78)59(81)68-26-25-67-32-41-19-21-52(69-33-41)60(82)72-49-15-8-12-46(39(49)2)48-14-9-17-51(58(48)64)73-61(83)53-22-20-42(34-70-53)35-79-27-5-4-18-57(79)62(84)85/h6-17,19-22,30,33-34,37,40,43,57,67H,4-5,18,23-29,32,35-36H2,1-3H3,(H,68,81)(H,72,82)(H,73,83)(H,84,85)(H2,66,74,75)/t40?,57-/m0/s1. The third-order valence-electron chi connectivity index (χ3n) is 15.8. The van der Waals surface area contributed by atoms with Gasteiger partial charge in [0.05, 0.1) is 57.9 Å². The summed E-state index contributed by atoms with van der Waals surface area (Å²) in [4.78, 5) is 78.8. The first-order valence-electron chi connectivity index (χ1n) is 28.3. The predicted octanol–water partition coefficient (Wildman–Crippen LogP) is 8.65. The highest BCUT2D eigenvalue weighted by Gasteiger charge is 2.30. The maximum atomic E-state index is 13.5. The van der Waals surface area contributed by atoms with Gasteiger partial charge in [-0.3, -0.25) is 43.9 Å². The Morgan fingerprint density at radius 2 is 1.42 bits per heavy atom. The number of rotatable bonds is 20. The van der Waals surface area contributed by atoms with Crippen molar-refractivity contribution < 1.29 is 24.3 Å². The largest absolute Gasteiger partial charge is 0.480 e. The van der Waals surface area contributed by atoms with Crippen molar-refractivity contribution in [2.24, 2.45) is 5.92 Å². The van der Waals surface area contributed by atoms with E-state index in [2.05, 4.69) is 69.4 Å². The number of carbonyl (C=O) groups excluding carboxylic acids is 3. The molecule has 7 N–H and O–H groups in total. The van der Waals surface area contributed by atoms with Crippen LogP contribution in [0.5, 0.6) is 0 Å². The highest BCUT2D eigenvalue weighted by molar-refractivity contribution is 6.36. The number of nitriles is 1. The van der Waals surface area contributed by atoms with Crippen molar-refractivity contribution >= 4 is 52.6 Å². The fraction of sp³-hybridized carbons (Fsp3) is 0.302. The molecule has 21 nitrogen and oxygen atoms in total. The Morgan fingerprint density at radius 3 is 2.15 bits per heavy atom. The highest BCUT2D eigenvalue weighted by Crippen LogP contribution is 2.38. The van der Waals surface area contributed by atoms with Crippen LogP contribution in [0, 0.1) is 31.1 Å². The molecule has 3 amide bonds. The average Bonchev–Trinajstić information content (AvgIpc) is 4.22. The lowest BCUT2D eigenvalue weighted by molar-refractivity contribution is -0.144. The number of halogens is 1. The minimum absolute atomic E-state index is 0.0371. The maximum absolute atomic E-state index is 13.5. The first kappa shape index (κ1) is 58.9. The number of carboxylic acid groups (broad SMARTS) is 1. The number of nitrogens with one attached hydrogen (secondary N) is 4. The minimum Gasteiger partial charge on any atom is -0.480 e. The number of nitrogen functional groups attached to an aromatic ring is 1. The number of aliphatic carboxylic acids is 1. The van der Waals surface area contributed by atoms with E-state index in [-0.39, 0.29) is 41.1 Å². The van der Waals surface area contributed by atoms with Crippen molar-refractivity contribution in [3.05, 3.63) is 177 Å². The monoisotopic (exact) mass is 1160 g/mol. The van der Waals surface area contributed by atoms with Crippen molar-refractivity contribution in [1.82, 2.24) is 60.3 Å². The van der Waals surface area contributed by atoms with Crippen LogP contribution >= 0.6 is 11.6 Å². The van der Waals surface area contributed by atoms with Crippen LogP contribution in [-0.4, -0.2) is 117 Å². The summed E-state index contributed by atoms with van der Waals surface area (Å²) in [7, 11) is 0. The number of benzene rings is 3. The van der Waals surface area contributed by atoms with E-state index in [0.717, 1.165) is 83.5 Å². The summed E-state index contributed by atoms with van der Waals surface area (Å²) in [5, 5.41) is 40.5. The molecule has 434 valence electrons. The second-order valence-electron chi connectivity index (χ2n) is 21.4. The molecule has 5 aromatic heterocycles. The molecule has 10 rings (SSSR count). The second kappa shape index (κ2) is 26.9. The zero-order chi connectivity index (χ0) is 59.6. The quantitative estimate of drug-likeness (QED) is 0.0389. The summed E-state index contributed by atoms with van der Waals surface area (Å²) in [5.74, 6) is -1.61. The smallest absolute Gasteiger partial charge is 0.320 e. The predicted molar refractivity (Wildman–Crippen MR) is 323 cm³/mol. The molecule has 0 aliphatic carbocycles. The molecule has 2 aliphatic heterocycles. The number of likely N-dealkylation sites (tertiary alicyclic amines) is 2. The molecular weight excluding hydrogens is 1100 g/mol. The van der Waals surface area contributed by atoms with Crippen molar-refractivity contribution in [1.29, 1.82) is 5.26 Å². The molecule has 1 unspecified atom stereocenters. The number of anilines is 3. The summed E-state index contributed by atoms with van der Waals surface area (Å²) in [6, 6.07) is 32.7. The third kappa shape index (κ3) is 14.2. The molecule has 22 heteroatoms. The molecule has 8 aromatic rings. The molecule has 2 fully saturated rings. The Bertz CT molecular complexity index is 3790. The topological polar surface area (TPSA) is 288 Å². The number of nitrogens with zero attached hydrogens (tertiary/aromatic N) is 11. The number of pyridine rings is 3. The van der Waals surface area contributed by atoms with Crippen LogP contribution in [0.1, 0.15) is 105 Å². The fourth-order valence-corrected chi connectivity index (χ4v) is 11.2. The molecule has 0 spiro atoms. The van der Waals surface area contributed by atoms with Crippen molar-refractivity contribution in [2.45, 2.75) is 84.6 Å². The number of piperidine rings is 2. The lowest BCUT2D eigenvalue weighted by Crippen LogP contribution is -2.44. The number of nitrogens with two attached hydrogens (primary N) is 1. The van der Waals surface area contributed by atoms with Gasteiger partial charge in [-0.1, -0.05) is 77.8 Å². The Labute approximate surface area is 497 Å². The molecule has 2 atom stereocenters. The lowest BCUT2D eigenvalue weighted by Gasteiger charge is -2.35. The van der Waals surface area contributed by atoms with Gasteiger partial charge in [-0.2, -0.15) is 5.26 Å². The SMILES string of the molecule is Cc1c(C#N)cccc1-c1cc(-c2cn(Cc3cccc(C(C)N4CCC(C(=O)NCCNCc5ccc(C(=O)Nc6cccc(-c7cccc(NC(=O)c8ccc(CN9CCCC[C@H]9C(=O)O)cn8)c7Cl)c6C)nc5)CC4)n3)nn2)nc(N)n1. The summed E-state index contributed by atoms with van der Waals surface area (Å²) in [6.07, 6.45) is 8.96. The fourth-order valence-electron chi connectivity index (χ4n) is 10.9. The van der Waals surface area contributed by atoms with E-state index in [9.17, 15) is 29.5 Å². The van der Waals surface area contributed by atoms with E-state index in [4.69, 9.17) is 22.3 Å². The minimum atomic E-state index is -0.827. The first-order chi connectivity index (χ1) is 41.2. The Kier molecular flexibility index (Phi) is 18.6. The van der Waals surface area contributed by atoms with Crippen molar-refractivity contribution in [2.75, 3.05) is 49.1 Å². The number of hydrogen-bond donors (Lipinski definition) is 6. The van der Waals surface area contributed by atoms with Crippen LogP contribution < -0.4 is 27.0 Å². The number of aromatic nitrogens is 8. The summed E-state index contributed by atoms with van der Waals surface area (Å²) < 4.78 is 1.71. The van der Waals surface area contributed by atoms with Crippen LogP contribution in [0.15, 0.2) is 122 Å². The second-order valence-corrected chi connectivity index (χ2v) is 21.8. The van der Waals surface area contributed by atoms with Crippen LogP contribution in [-0.2, 0) is 29.2 Å². The number of carboxylic acids is 1. The van der Waals surface area contributed by atoms with E-state index < -0.39 is 17.9 Å². The molecule has 0 bridgehead atoms. The van der Waals surface area contributed by atoms with Crippen LogP contribution in [0.4, 0.5) is 17.3 Å². The molecule has 2 saturated heterocycles. The van der Waals surface area contributed by atoms with Gasteiger partial charge in [0.25, 0.3) is 11.8 Å². The summed E-state index contributed by atoms with van der Waals surface area (Å²) >= 11 is 6.94. The number of carbonyl (C=O) groups is 4. The lowest BCUT2D eigenvalue weighted by atomic mass is 9.94. The van der Waals surface area contributed by atoms with Crippen LogP contribution in [0.25, 0.3) is 33.8 Å². The molecular formula is C63H65ClN16O5. The van der Waals surface area contributed by atoms with Gasteiger partial charge in [0.15, 0.2) is 0 Å². The van der Waals surface area contributed by atoms with E-state index >= 15 is 0 Å². The highest BCUT2D eigenvalue weighted by atomic mass is 35.5. The molecule has 85 heavy (non-hydrogen) atoms. The average molecular weight is 1160 g/mol. The van der Waals surface area contributed by atoms with E-state index in [1.165, 1.54) is 0 Å². The van der Waals surface area contributed by atoms with Crippen LogP contribution in [0.3, 0.4) is 0 Å². The van der Waals surface area contributed by atoms with E-state index in [0.29, 0.717) is 90.3 Å². The van der Waals surface area contributed by atoms with Gasteiger partial charge in [-0.15, -0.1) is 5.10 Å². The maximum Gasteiger partial charge on any atom is 0.320 e. The first-order valence-corrected chi connectivity index (χ1v) is 28.7. The van der Waals surface area contributed by atoms with Gasteiger partial charge in [0, 0.05) is 67.3 Å². The molecule has 0 radical (unpaired) electrons. The third-order valence-corrected chi connectivity index (χ3v) is 16.2. The van der Waals surface area contributed by atoms with Gasteiger partial charge in [0.1, 0.15) is 23.1 Å². The molecule has 7 heterocycles. The Balaban J connectivity index is 0.644. The van der Waals surface area contributed by atoms with Gasteiger partial charge >= 0.3 is 5.97 Å². The van der Waals surface area contributed by atoms with Crippen LogP contribution in [0.2, 0.25) is 5.02 Å². The molecule has 0 saturated carbocycles. The number of amides is 3. The Morgan fingerprint density at radius 1 is 0.741 bits per heavy atom. The van der Waals surface area contributed by atoms with Gasteiger partial charge in [-0.25, -0.2) is 14.6 Å². The zero-order valence-electron chi connectivity index (χ0n) is 47.4. The van der Waals surface area contributed by atoms with E-state index in [1.807, 2.05) is 73.3 Å². The van der Waals surface area contributed by atoms with Gasteiger partial charge in [-0.05, 0) is 142 Å². The van der Waals surface area contributed by atoms with Crippen molar-refractivity contribution in [3.63, 3.8) is 0 Å². The van der Waals surface area contributed by atoms with Gasteiger partial charge in [0.2, 0.25) is 11.9 Å². The van der Waals surface area contributed by atoms with Gasteiger partial charge < -0.3 is 32.1 Å². The van der Waals surface area contributed by atoms with E-state index in [1.54, 1.807) is 71.8 Å². The Hall–Kier alpha value is -9.33. The summed E-state index contributed by atoms with van der Waals surface area (Å²) in [6.45, 7) is 10.4.